The van der Waals surface area contributed by atoms with Crippen molar-refractivity contribution in [2.45, 2.75) is 31.8 Å². The van der Waals surface area contributed by atoms with Gasteiger partial charge >= 0.3 is 5.97 Å². The highest BCUT2D eigenvalue weighted by molar-refractivity contribution is 7.17. The number of ether oxygens (including phenoxy) is 1. The van der Waals surface area contributed by atoms with E-state index in [9.17, 15) is 14.4 Å². The molecule has 1 aliphatic carbocycles. The summed E-state index contributed by atoms with van der Waals surface area (Å²) in [6, 6.07) is 20.5. The van der Waals surface area contributed by atoms with Gasteiger partial charge in [-0.2, -0.15) is 0 Å². The predicted molar refractivity (Wildman–Crippen MR) is 135 cm³/mol. The molecule has 3 aromatic rings. The Labute approximate surface area is 208 Å². The summed E-state index contributed by atoms with van der Waals surface area (Å²) in [5.74, 6) is -0.733. The standard InChI is InChI=1S/C27H28N2O5S/c30-25(19-6-10-21(11-7-19)34-22-12-8-20(9-13-22)27(32)33)28-16-17-29-26(31)24-15-14-23(35-24)18-4-2-1-3-5-18/h1-7,10-11,14-15,20,22H,8-9,12-13,16-17H2,(H,28,30)(H,29,31)(H,32,33)/t20-,22+. The lowest BCUT2D eigenvalue weighted by Crippen LogP contribution is -2.34. The van der Waals surface area contributed by atoms with Gasteiger partial charge in [-0.15, -0.1) is 11.3 Å². The highest BCUT2D eigenvalue weighted by Gasteiger charge is 2.26. The van der Waals surface area contributed by atoms with Crippen LogP contribution < -0.4 is 15.4 Å². The maximum absolute atomic E-state index is 12.4. The molecule has 0 radical (unpaired) electrons. The topological polar surface area (TPSA) is 105 Å². The van der Waals surface area contributed by atoms with Crippen LogP contribution in [0.1, 0.15) is 45.7 Å². The molecule has 0 atom stereocenters. The van der Waals surface area contributed by atoms with Gasteiger partial charge in [0.1, 0.15) is 5.75 Å². The maximum atomic E-state index is 12.4. The van der Waals surface area contributed by atoms with E-state index in [1.807, 2.05) is 42.5 Å². The number of thiophene rings is 1. The summed E-state index contributed by atoms with van der Waals surface area (Å²) in [5, 5.41) is 14.7. The quantitative estimate of drug-likeness (QED) is 0.379. The second kappa shape index (κ2) is 11.7. The maximum Gasteiger partial charge on any atom is 0.306 e. The molecular weight excluding hydrogens is 464 g/mol. The molecule has 182 valence electrons. The summed E-state index contributed by atoms with van der Waals surface area (Å²) in [6.45, 7) is 0.635. The fraction of sp³-hybridized carbons (Fsp3) is 0.296. The van der Waals surface area contributed by atoms with E-state index in [4.69, 9.17) is 9.84 Å². The van der Waals surface area contributed by atoms with Gasteiger partial charge in [0.05, 0.1) is 16.9 Å². The average Bonchev–Trinajstić information content (AvgIpc) is 3.38. The molecule has 35 heavy (non-hydrogen) atoms. The molecule has 4 rings (SSSR count). The Balaban J connectivity index is 1.18. The van der Waals surface area contributed by atoms with Crippen molar-refractivity contribution in [2.75, 3.05) is 13.1 Å². The van der Waals surface area contributed by atoms with E-state index in [0.717, 1.165) is 10.4 Å². The first kappa shape index (κ1) is 24.5. The Hall–Kier alpha value is -3.65. The van der Waals surface area contributed by atoms with Gasteiger partial charge in [-0.1, -0.05) is 30.3 Å². The molecule has 1 fully saturated rings. The Kier molecular flexibility index (Phi) is 8.15. The highest BCUT2D eigenvalue weighted by atomic mass is 32.1. The Morgan fingerprint density at radius 1 is 0.829 bits per heavy atom. The molecule has 0 aliphatic heterocycles. The Morgan fingerprint density at radius 2 is 1.49 bits per heavy atom. The fourth-order valence-corrected chi connectivity index (χ4v) is 4.99. The van der Waals surface area contributed by atoms with Crippen LogP contribution in [0.25, 0.3) is 10.4 Å². The summed E-state index contributed by atoms with van der Waals surface area (Å²) in [6.07, 6.45) is 2.67. The number of carboxylic acid groups (broad SMARTS) is 1. The van der Waals surface area contributed by atoms with E-state index in [1.165, 1.54) is 11.3 Å². The van der Waals surface area contributed by atoms with Crippen molar-refractivity contribution in [1.82, 2.24) is 10.6 Å². The van der Waals surface area contributed by atoms with Crippen LogP contribution in [0.2, 0.25) is 0 Å². The monoisotopic (exact) mass is 492 g/mol. The molecule has 0 unspecified atom stereocenters. The van der Waals surface area contributed by atoms with E-state index in [-0.39, 0.29) is 23.8 Å². The van der Waals surface area contributed by atoms with E-state index < -0.39 is 5.97 Å². The van der Waals surface area contributed by atoms with Crippen LogP contribution in [-0.4, -0.2) is 42.1 Å². The van der Waals surface area contributed by atoms with Crippen LogP contribution in [0.4, 0.5) is 0 Å². The lowest BCUT2D eigenvalue weighted by Gasteiger charge is -2.26. The molecule has 0 spiro atoms. The normalized spacial score (nSPS) is 17.4. The molecule has 1 saturated carbocycles. The minimum atomic E-state index is -0.734. The van der Waals surface area contributed by atoms with Gasteiger partial charge in [-0.3, -0.25) is 14.4 Å². The number of aliphatic carboxylic acids is 1. The lowest BCUT2D eigenvalue weighted by atomic mass is 9.87. The predicted octanol–water partition coefficient (Wildman–Crippen LogP) is 4.60. The van der Waals surface area contributed by atoms with Crippen LogP contribution in [0.5, 0.6) is 5.75 Å². The molecule has 1 aromatic heterocycles. The highest BCUT2D eigenvalue weighted by Crippen LogP contribution is 2.29. The van der Waals surface area contributed by atoms with E-state index in [2.05, 4.69) is 10.6 Å². The first-order valence-electron chi connectivity index (χ1n) is 11.7. The largest absolute Gasteiger partial charge is 0.490 e. The molecule has 0 bridgehead atoms. The number of carboxylic acids is 1. The molecular formula is C27H28N2O5S. The fourth-order valence-electron chi connectivity index (χ4n) is 4.06. The van der Waals surface area contributed by atoms with E-state index >= 15 is 0 Å². The zero-order valence-corrected chi connectivity index (χ0v) is 20.1. The molecule has 1 heterocycles. The first-order valence-corrected chi connectivity index (χ1v) is 12.5. The summed E-state index contributed by atoms with van der Waals surface area (Å²) in [7, 11) is 0. The molecule has 1 aliphatic rings. The van der Waals surface area contributed by atoms with Gasteiger partial charge in [0.25, 0.3) is 11.8 Å². The van der Waals surface area contributed by atoms with Crippen LogP contribution in [0, 0.1) is 5.92 Å². The number of rotatable bonds is 9. The summed E-state index contributed by atoms with van der Waals surface area (Å²) in [5.41, 5.74) is 1.58. The Bertz CT molecular complexity index is 1150. The van der Waals surface area contributed by atoms with Crippen molar-refractivity contribution in [3.05, 3.63) is 77.2 Å². The second-order valence-electron chi connectivity index (χ2n) is 8.50. The van der Waals surface area contributed by atoms with E-state index in [1.54, 1.807) is 24.3 Å². The van der Waals surface area contributed by atoms with Gasteiger partial charge in [0.2, 0.25) is 0 Å². The summed E-state index contributed by atoms with van der Waals surface area (Å²) in [4.78, 5) is 37.5. The van der Waals surface area contributed by atoms with Crippen molar-refractivity contribution < 1.29 is 24.2 Å². The van der Waals surface area contributed by atoms with Gasteiger partial charge in [0.15, 0.2) is 0 Å². The zero-order chi connectivity index (χ0) is 24.6. The molecule has 7 nitrogen and oxygen atoms in total. The summed E-state index contributed by atoms with van der Waals surface area (Å²) < 4.78 is 5.94. The van der Waals surface area contributed by atoms with Crippen LogP contribution in [0.3, 0.4) is 0 Å². The van der Waals surface area contributed by atoms with E-state index in [0.29, 0.717) is 55.0 Å². The first-order chi connectivity index (χ1) is 17.0. The van der Waals surface area contributed by atoms with Gasteiger partial charge in [-0.25, -0.2) is 0 Å². The van der Waals surface area contributed by atoms with Crippen molar-refractivity contribution in [3.8, 4) is 16.2 Å². The van der Waals surface area contributed by atoms with Gasteiger partial charge in [0, 0.05) is 23.5 Å². The number of benzene rings is 2. The zero-order valence-electron chi connectivity index (χ0n) is 19.2. The van der Waals surface area contributed by atoms with Crippen LogP contribution in [0.15, 0.2) is 66.7 Å². The average molecular weight is 493 g/mol. The summed E-state index contributed by atoms with van der Waals surface area (Å²) >= 11 is 1.43. The third-order valence-electron chi connectivity index (χ3n) is 6.03. The van der Waals surface area contributed by atoms with Gasteiger partial charge < -0.3 is 20.5 Å². The Morgan fingerprint density at radius 3 is 2.14 bits per heavy atom. The molecule has 2 aromatic carbocycles. The third kappa shape index (κ3) is 6.70. The minimum absolute atomic E-state index is 0.000931. The molecule has 2 amide bonds. The number of amides is 2. The van der Waals surface area contributed by atoms with Crippen molar-refractivity contribution >= 4 is 29.1 Å². The van der Waals surface area contributed by atoms with Gasteiger partial charge in [-0.05, 0) is 67.6 Å². The number of nitrogens with one attached hydrogen (secondary N) is 2. The number of hydrogen-bond donors (Lipinski definition) is 3. The molecule has 8 heteroatoms. The SMILES string of the molecule is O=C(NCCNC(=O)c1ccc(-c2ccccc2)s1)c1ccc(O[C@H]2CC[C@@H](C(=O)O)CC2)cc1. The van der Waals surface area contributed by atoms with Crippen LogP contribution in [-0.2, 0) is 4.79 Å². The van der Waals surface area contributed by atoms with Crippen molar-refractivity contribution in [2.24, 2.45) is 5.92 Å². The third-order valence-corrected chi connectivity index (χ3v) is 7.16. The lowest BCUT2D eigenvalue weighted by molar-refractivity contribution is -0.143. The van der Waals surface area contributed by atoms with Crippen LogP contribution >= 0.6 is 11.3 Å². The smallest absolute Gasteiger partial charge is 0.306 e. The number of hydrogen-bond acceptors (Lipinski definition) is 5. The molecule has 3 N–H and O–H groups in total. The van der Waals surface area contributed by atoms with Crippen molar-refractivity contribution in [1.29, 1.82) is 0 Å². The number of carbonyl (C=O) groups excluding carboxylic acids is 2. The molecule has 0 saturated heterocycles. The second-order valence-corrected chi connectivity index (χ2v) is 9.58. The minimum Gasteiger partial charge on any atom is -0.490 e. The van der Waals surface area contributed by atoms with Crippen molar-refractivity contribution in [3.63, 3.8) is 0 Å². The number of carbonyl (C=O) groups is 3.